The summed E-state index contributed by atoms with van der Waals surface area (Å²) in [6.07, 6.45) is 1.95. The Hall–Kier alpha value is -2.29. The molecule has 0 fully saturated rings. The zero-order valence-corrected chi connectivity index (χ0v) is 13.6. The first kappa shape index (κ1) is 14.3. The third-order valence-electron chi connectivity index (χ3n) is 4.56. The molecule has 2 aliphatic heterocycles. The SMILES string of the molecule is CC(C)C[C@@H]1Oc2ccccc2[C@@H]2CC(c3ccccc3)=NN12. The first-order valence-corrected chi connectivity index (χ1v) is 8.39. The summed E-state index contributed by atoms with van der Waals surface area (Å²) in [5.74, 6) is 1.59. The van der Waals surface area contributed by atoms with E-state index >= 15 is 0 Å². The van der Waals surface area contributed by atoms with Crippen LogP contribution in [0.3, 0.4) is 0 Å². The minimum atomic E-state index is 0.0242. The lowest BCUT2D eigenvalue weighted by molar-refractivity contribution is -0.0291. The van der Waals surface area contributed by atoms with E-state index in [-0.39, 0.29) is 6.23 Å². The van der Waals surface area contributed by atoms with E-state index in [0.29, 0.717) is 12.0 Å². The highest BCUT2D eigenvalue weighted by atomic mass is 16.5. The highest BCUT2D eigenvalue weighted by Crippen LogP contribution is 2.43. The molecule has 0 spiro atoms. The van der Waals surface area contributed by atoms with Crippen LogP contribution in [-0.2, 0) is 0 Å². The minimum absolute atomic E-state index is 0.0242. The number of hydrazone groups is 1. The molecule has 118 valence electrons. The van der Waals surface area contributed by atoms with Crippen LogP contribution in [0, 0.1) is 5.92 Å². The summed E-state index contributed by atoms with van der Waals surface area (Å²) >= 11 is 0. The number of rotatable bonds is 3. The minimum Gasteiger partial charge on any atom is -0.469 e. The first-order chi connectivity index (χ1) is 11.2. The fourth-order valence-electron chi connectivity index (χ4n) is 3.47. The van der Waals surface area contributed by atoms with Crippen molar-refractivity contribution in [3.05, 3.63) is 65.7 Å². The van der Waals surface area contributed by atoms with Crippen molar-refractivity contribution in [1.29, 1.82) is 0 Å². The van der Waals surface area contributed by atoms with Gasteiger partial charge in [0.1, 0.15) is 5.75 Å². The van der Waals surface area contributed by atoms with E-state index in [0.717, 1.165) is 24.3 Å². The quantitative estimate of drug-likeness (QED) is 0.827. The first-order valence-electron chi connectivity index (χ1n) is 8.39. The highest BCUT2D eigenvalue weighted by molar-refractivity contribution is 6.01. The van der Waals surface area contributed by atoms with Gasteiger partial charge in [0.15, 0.2) is 6.23 Å². The molecule has 0 aromatic heterocycles. The van der Waals surface area contributed by atoms with Gasteiger partial charge in [-0.25, -0.2) is 0 Å². The van der Waals surface area contributed by atoms with E-state index in [4.69, 9.17) is 9.84 Å². The molecule has 2 heterocycles. The molecule has 2 aromatic carbocycles. The molecule has 3 heteroatoms. The topological polar surface area (TPSA) is 24.8 Å². The Kier molecular flexibility index (Phi) is 3.56. The lowest BCUT2D eigenvalue weighted by atomic mass is 9.96. The van der Waals surface area contributed by atoms with Gasteiger partial charge >= 0.3 is 0 Å². The fraction of sp³-hybridized carbons (Fsp3) is 0.350. The number of benzene rings is 2. The normalized spacial score (nSPS) is 22.4. The average Bonchev–Trinajstić information content (AvgIpc) is 3.01. The number of para-hydroxylation sites is 1. The summed E-state index contributed by atoms with van der Waals surface area (Å²) in [4.78, 5) is 0. The molecule has 23 heavy (non-hydrogen) atoms. The second kappa shape index (κ2) is 5.73. The van der Waals surface area contributed by atoms with Crippen LogP contribution in [0.15, 0.2) is 59.7 Å². The molecule has 3 nitrogen and oxygen atoms in total. The van der Waals surface area contributed by atoms with E-state index < -0.39 is 0 Å². The van der Waals surface area contributed by atoms with Crippen LogP contribution >= 0.6 is 0 Å². The van der Waals surface area contributed by atoms with Crippen molar-refractivity contribution < 1.29 is 4.74 Å². The molecule has 0 saturated heterocycles. The van der Waals surface area contributed by atoms with Crippen molar-refractivity contribution in [2.24, 2.45) is 11.0 Å². The molecule has 0 amide bonds. The highest BCUT2D eigenvalue weighted by Gasteiger charge is 2.40. The van der Waals surface area contributed by atoms with Gasteiger partial charge in [-0.1, -0.05) is 62.4 Å². The Labute approximate surface area is 137 Å². The molecule has 0 saturated carbocycles. The predicted molar refractivity (Wildman–Crippen MR) is 92.5 cm³/mol. The van der Waals surface area contributed by atoms with Crippen LogP contribution in [0.1, 0.15) is 43.9 Å². The van der Waals surface area contributed by atoms with Crippen molar-refractivity contribution >= 4 is 5.71 Å². The maximum absolute atomic E-state index is 6.26. The molecule has 2 atom stereocenters. The molecule has 0 radical (unpaired) electrons. The number of ether oxygens (including phenoxy) is 1. The van der Waals surface area contributed by atoms with Crippen LogP contribution in [0.2, 0.25) is 0 Å². The second-order valence-electron chi connectivity index (χ2n) is 6.75. The maximum Gasteiger partial charge on any atom is 0.188 e. The summed E-state index contributed by atoms with van der Waals surface area (Å²) in [5.41, 5.74) is 3.62. The summed E-state index contributed by atoms with van der Waals surface area (Å²) in [6.45, 7) is 4.47. The van der Waals surface area contributed by atoms with Gasteiger partial charge < -0.3 is 4.74 Å². The van der Waals surface area contributed by atoms with Gasteiger partial charge in [0, 0.05) is 18.4 Å². The van der Waals surface area contributed by atoms with Crippen LogP contribution in [-0.4, -0.2) is 16.9 Å². The lowest BCUT2D eigenvalue weighted by Crippen LogP contribution is -2.41. The van der Waals surface area contributed by atoms with Gasteiger partial charge in [0.05, 0.1) is 11.8 Å². The molecule has 0 unspecified atom stereocenters. The van der Waals surface area contributed by atoms with Crippen LogP contribution in [0.25, 0.3) is 0 Å². The number of hydrogen-bond acceptors (Lipinski definition) is 3. The molecule has 0 bridgehead atoms. The van der Waals surface area contributed by atoms with Gasteiger partial charge in [-0.2, -0.15) is 5.10 Å². The molecule has 0 N–H and O–H groups in total. The standard InChI is InChI=1S/C20H22N2O/c1-14(2)12-20-22-18(16-10-6-7-11-19(16)23-20)13-17(21-22)15-8-4-3-5-9-15/h3-11,14,18,20H,12-13H2,1-2H3/t18-,20-/m0/s1. The predicted octanol–water partition coefficient (Wildman–Crippen LogP) is 4.60. The molecule has 2 aromatic rings. The number of nitrogens with zero attached hydrogens (tertiary/aromatic N) is 2. The smallest absolute Gasteiger partial charge is 0.188 e. The van der Waals surface area contributed by atoms with E-state index in [1.165, 1.54) is 11.1 Å². The summed E-state index contributed by atoms with van der Waals surface area (Å²) in [6, 6.07) is 19.2. The second-order valence-corrected chi connectivity index (χ2v) is 6.75. The van der Waals surface area contributed by atoms with Crippen molar-refractivity contribution in [3.63, 3.8) is 0 Å². The van der Waals surface area contributed by atoms with Crippen molar-refractivity contribution in [2.45, 2.75) is 39.0 Å². The van der Waals surface area contributed by atoms with E-state index in [2.05, 4.69) is 67.4 Å². The Morgan fingerprint density at radius 3 is 2.61 bits per heavy atom. The fourth-order valence-corrected chi connectivity index (χ4v) is 3.47. The summed E-state index contributed by atoms with van der Waals surface area (Å²) < 4.78 is 6.26. The largest absolute Gasteiger partial charge is 0.469 e. The Bertz CT molecular complexity index is 723. The van der Waals surface area contributed by atoms with Crippen LogP contribution in [0.5, 0.6) is 5.75 Å². The zero-order valence-electron chi connectivity index (χ0n) is 13.6. The Morgan fingerprint density at radius 1 is 1.09 bits per heavy atom. The third-order valence-corrected chi connectivity index (χ3v) is 4.56. The van der Waals surface area contributed by atoms with Gasteiger partial charge in [0.2, 0.25) is 0 Å². The van der Waals surface area contributed by atoms with Gasteiger partial charge in [-0.15, -0.1) is 0 Å². The number of hydrogen-bond donors (Lipinski definition) is 0. The summed E-state index contributed by atoms with van der Waals surface area (Å²) in [5, 5.41) is 7.12. The van der Waals surface area contributed by atoms with Gasteiger partial charge in [-0.05, 0) is 17.5 Å². The lowest BCUT2D eigenvalue weighted by Gasteiger charge is -2.38. The van der Waals surface area contributed by atoms with E-state index in [9.17, 15) is 0 Å². The molecule has 4 rings (SSSR count). The van der Waals surface area contributed by atoms with Gasteiger partial charge in [-0.3, -0.25) is 5.01 Å². The Morgan fingerprint density at radius 2 is 1.83 bits per heavy atom. The maximum atomic E-state index is 6.26. The van der Waals surface area contributed by atoms with E-state index in [1.807, 2.05) is 6.07 Å². The Balaban J connectivity index is 1.72. The van der Waals surface area contributed by atoms with Crippen LogP contribution < -0.4 is 4.74 Å². The molecule has 2 aliphatic rings. The van der Waals surface area contributed by atoms with Crippen molar-refractivity contribution in [1.82, 2.24) is 5.01 Å². The van der Waals surface area contributed by atoms with Crippen molar-refractivity contribution in [3.8, 4) is 5.75 Å². The third kappa shape index (κ3) is 2.61. The molecular weight excluding hydrogens is 284 g/mol. The average molecular weight is 306 g/mol. The summed E-state index contributed by atoms with van der Waals surface area (Å²) in [7, 11) is 0. The van der Waals surface area contributed by atoms with Crippen molar-refractivity contribution in [2.75, 3.05) is 0 Å². The monoisotopic (exact) mass is 306 g/mol. The van der Waals surface area contributed by atoms with Crippen LogP contribution in [0.4, 0.5) is 0 Å². The van der Waals surface area contributed by atoms with E-state index in [1.54, 1.807) is 0 Å². The molecular formula is C20H22N2O. The number of fused-ring (bicyclic) bond motifs is 3. The zero-order chi connectivity index (χ0) is 15.8. The molecule has 0 aliphatic carbocycles. The van der Waals surface area contributed by atoms with Gasteiger partial charge in [0.25, 0.3) is 0 Å².